The van der Waals surface area contributed by atoms with Gasteiger partial charge in [-0.25, -0.2) is 4.98 Å². The van der Waals surface area contributed by atoms with Crippen molar-refractivity contribution in [3.8, 4) is 39.3 Å². The van der Waals surface area contributed by atoms with E-state index in [1.165, 1.54) is 4.70 Å². The number of fused-ring (bicyclic) bond motifs is 1. The number of aromatic nitrogens is 1. The van der Waals surface area contributed by atoms with E-state index in [4.69, 9.17) is 33.4 Å². The lowest BCUT2D eigenvalue weighted by Crippen LogP contribution is -2.22. The van der Waals surface area contributed by atoms with Gasteiger partial charge in [-0.3, -0.25) is 0 Å². The minimum atomic E-state index is -0.105. The molecule has 0 aliphatic rings. The Morgan fingerprint density at radius 1 is 0.721 bits per heavy atom. The Labute approximate surface area is 256 Å². The molecule has 0 spiro atoms. The van der Waals surface area contributed by atoms with E-state index in [-0.39, 0.29) is 6.10 Å². The fourth-order valence-corrected chi connectivity index (χ4v) is 5.53. The summed E-state index contributed by atoms with van der Waals surface area (Å²) < 4.78 is 35.2. The van der Waals surface area contributed by atoms with Crippen molar-refractivity contribution in [3.05, 3.63) is 96.1 Å². The first-order chi connectivity index (χ1) is 21.1. The SMILES string of the molecule is COc1cc(C=Cc2cccc(OCCC(COc3ccc(-c4nc5ccccc5s4)cc3)OC)c2)cc(OC)c1OC. The third-order valence-electron chi connectivity index (χ3n) is 6.89. The molecule has 5 aromatic rings. The van der Waals surface area contributed by atoms with Crippen LogP contribution in [-0.4, -0.2) is 52.7 Å². The maximum Gasteiger partial charge on any atom is 0.203 e. The Morgan fingerprint density at radius 2 is 1.47 bits per heavy atom. The molecule has 0 saturated carbocycles. The van der Waals surface area contributed by atoms with Gasteiger partial charge in [0.25, 0.3) is 0 Å². The molecular weight excluding hydrogens is 562 g/mol. The molecule has 0 aliphatic carbocycles. The molecule has 1 unspecified atom stereocenters. The number of para-hydroxylation sites is 1. The van der Waals surface area contributed by atoms with Crippen molar-refractivity contribution in [1.29, 1.82) is 0 Å². The summed E-state index contributed by atoms with van der Waals surface area (Å²) in [7, 11) is 6.50. The van der Waals surface area contributed by atoms with Crippen LogP contribution in [0.5, 0.6) is 28.7 Å². The van der Waals surface area contributed by atoms with Crippen LogP contribution in [0.15, 0.2) is 84.9 Å². The van der Waals surface area contributed by atoms with E-state index in [9.17, 15) is 0 Å². The Hall–Kier alpha value is -4.53. The fourth-order valence-electron chi connectivity index (χ4n) is 4.55. The maximum absolute atomic E-state index is 6.04. The average Bonchev–Trinajstić information content (AvgIpc) is 3.49. The van der Waals surface area contributed by atoms with Crippen LogP contribution in [0.1, 0.15) is 17.5 Å². The molecule has 7 nitrogen and oxygen atoms in total. The molecule has 43 heavy (non-hydrogen) atoms. The van der Waals surface area contributed by atoms with Crippen LogP contribution < -0.4 is 23.7 Å². The summed E-state index contributed by atoms with van der Waals surface area (Å²) in [5.41, 5.74) is 4.03. The number of ether oxygens (including phenoxy) is 6. The highest BCUT2D eigenvalue weighted by Crippen LogP contribution is 2.38. The summed E-state index contributed by atoms with van der Waals surface area (Å²) in [5, 5.41) is 1.00. The van der Waals surface area contributed by atoms with E-state index >= 15 is 0 Å². The quantitative estimate of drug-likeness (QED) is 0.120. The zero-order valence-corrected chi connectivity index (χ0v) is 25.6. The van der Waals surface area contributed by atoms with Crippen molar-refractivity contribution in [3.63, 3.8) is 0 Å². The van der Waals surface area contributed by atoms with Crippen molar-refractivity contribution >= 4 is 33.7 Å². The van der Waals surface area contributed by atoms with E-state index in [1.807, 2.05) is 91.0 Å². The minimum Gasteiger partial charge on any atom is -0.493 e. The first kappa shape index (κ1) is 29.9. The van der Waals surface area contributed by atoms with Crippen LogP contribution in [0.2, 0.25) is 0 Å². The van der Waals surface area contributed by atoms with E-state index in [1.54, 1.807) is 39.8 Å². The molecule has 4 aromatic carbocycles. The highest BCUT2D eigenvalue weighted by atomic mass is 32.1. The summed E-state index contributed by atoms with van der Waals surface area (Å²) in [4.78, 5) is 4.73. The predicted molar refractivity (Wildman–Crippen MR) is 173 cm³/mol. The van der Waals surface area contributed by atoms with Gasteiger partial charge in [0.05, 0.1) is 44.3 Å². The van der Waals surface area contributed by atoms with Gasteiger partial charge < -0.3 is 28.4 Å². The Kier molecular flexibility index (Phi) is 10.2. The van der Waals surface area contributed by atoms with Gasteiger partial charge >= 0.3 is 0 Å². The van der Waals surface area contributed by atoms with Gasteiger partial charge in [-0.05, 0) is 71.8 Å². The molecular formula is C35H35NO6S. The van der Waals surface area contributed by atoms with E-state index in [0.717, 1.165) is 38.7 Å². The summed E-state index contributed by atoms with van der Waals surface area (Å²) in [5.74, 6) is 3.36. The molecule has 0 radical (unpaired) electrons. The van der Waals surface area contributed by atoms with Crippen molar-refractivity contribution < 1.29 is 28.4 Å². The van der Waals surface area contributed by atoms with E-state index in [0.29, 0.717) is 36.9 Å². The Balaban J connectivity index is 1.12. The average molecular weight is 598 g/mol. The molecule has 0 bridgehead atoms. The molecule has 0 saturated heterocycles. The van der Waals surface area contributed by atoms with Gasteiger partial charge in [0.2, 0.25) is 5.75 Å². The van der Waals surface area contributed by atoms with Crippen LogP contribution in [0.25, 0.3) is 32.9 Å². The second-order valence-electron chi connectivity index (χ2n) is 9.68. The van der Waals surface area contributed by atoms with Gasteiger partial charge in [-0.1, -0.05) is 36.4 Å². The van der Waals surface area contributed by atoms with Gasteiger partial charge in [-0.2, -0.15) is 0 Å². The van der Waals surface area contributed by atoms with Crippen LogP contribution in [-0.2, 0) is 4.74 Å². The molecule has 0 aliphatic heterocycles. The van der Waals surface area contributed by atoms with Crippen molar-refractivity contribution in [2.24, 2.45) is 0 Å². The molecule has 1 heterocycles. The van der Waals surface area contributed by atoms with E-state index in [2.05, 4.69) is 6.07 Å². The molecule has 0 N–H and O–H groups in total. The molecule has 0 amide bonds. The predicted octanol–water partition coefficient (Wildman–Crippen LogP) is 8.02. The maximum atomic E-state index is 6.04. The number of benzene rings is 4. The number of hydrogen-bond acceptors (Lipinski definition) is 8. The van der Waals surface area contributed by atoms with Gasteiger partial charge in [0.1, 0.15) is 23.1 Å². The fraction of sp³-hybridized carbons (Fsp3) is 0.229. The lowest BCUT2D eigenvalue weighted by atomic mass is 10.1. The smallest absolute Gasteiger partial charge is 0.203 e. The zero-order valence-electron chi connectivity index (χ0n) is 24.7. The third-order valence-corrected chi connectivity index (χ3v) is 7.97. The second kappa shape index (κ2) is 14.6. The van der Waals surface area contributed by atoms with E-state index < -0.39 is 0 Å². The van der Waals surface area contributed by atoms with Crippen LogP contribution >= 0.6 is 11.3 Å². The van der Waals surface area contributed by atoms with Gasteiger partial charge in [0.15, 0.2) is 11.5 Å². The van der Waals surface area contributed by atoms with Crippen LogP contribution in [0.4, 0.5) is 0 Å². The molecule has 8 heteroatoms. The molecule has 0 fully saturated rings. The lowest BCUT2D eigenvalue weighted by molar-refractivity contribution is 0.0422. The number of rotatable bonds is 14. The lowest BCUT2D eigenvalue weighted by Gasteiger charge is -2.17. The number of methoxy groups -OCH3 is 4. The van der Waals surface area contributed by atoms with Crippen molar-refractivity contribution in [1.82, 2.24) is 4.98 Å². The molecule has 5 rings (SSSR count). The molecule has 222 valence electrons. The van der Waals surface area contributed by atoms with Gasteiger partial charge in [0, 0.05) is 19.1 Å². The number of thiazole rings is 1. The van der Waals surface area contributed by atoms with Gasteiger partial charge in [-0.15, -0.1) is 11.3 Å². The van der Waals surface area contributed by atoms with Crippen LogP contribution in [0, 0.1) is 0 Å². The third kappa shape index (κ3) is 7.66. The summed E-state index contributed by atoms with van der Waals surface area (Å²) in [6.07, 6.45) is 4.59. The monoisotopic (exact) mass is 597 g/mol. The molecule has 1 atom stereocenters. The summed E-state index contributed by atoms with van der Waals surface area (Å²) >= 11 is 1.69. The highest BCUT2D eigenvalue weighted by Gasteiger charge is 2.13. The zero-order chi connectivity index (χ0) is 30.0. The molecule has 1 aromatic heterocycles. The number of hydrogen-bond donors (Lipinski definition) is 0. The number of nitrogens with zero attached hydrogens (tertiary/aromatic N) is 1. The minimum absolute atomic E-state index is 0.105. The van der Waals surface area contributed by atoms with Crippen LogP contribution in [0.3, 0.4) is 0 Å². The first-order valence-corrected chi connectivity index (χ1v) is 14.7. The summed E-state index contributed by atoms with van der Waals surface area (Å²) in [6.45, 7) is 0.927. The highest BCUT2D eigenvalue weighted by molar-refractivity contribution is 7.21. The summed E-state index contributed by atoms with van der Waals surface area (Å²) in [6, 6.07) is 28.0. The Bertz CT molecular complexity index is 1610. The first-order valence-electron chi connectivity index (χ1n) is 13.9. The Morgan fingerprint density at radius 3 is 2.16 bits per heavy atom. The second-order valence-corrected chi connectivity index (χ2v) is 10.7. The van der Waals surface area contributed by atoms with Crippen molar-refractivity contribution in [2.75, 3.05) is 41.7 Å². The largest absolute Gasteiger partial charge is 0.493 e. The standard InChI is InChI=1S/C35H35NO6S/c1-37-29(23-42-27-16-14-26(15-17-27)35-36-30-10-5-6-11-33(30)43-35)18-19-41-28-9-7-8-24(20-28)12-13-25-21-31(38-2)34(40-4)32(22-25)39-3/h5-17,20-22,29H,18-19,23H2,1-4H3. The topological polar surface area (TPSA) is 68.3 Å². The normalized spacial score (nSPS) is 11.9. The van der Waals surface area contributed by atoms with Crippen molar-refractivity contribution in [2.45, 2.75) is 12.5 Å².